The van der Waals surface area contributed by atoms with E-state index in [1.807, 2.05) is 0 Å². The molecule has 1 saturated heterocycles. The maximum absolute atomic E-state index is 12.9. The van der Waals surface area contributed by atoms with E-state index < -0.39 is 0 Å². The first kappa shape index (κ1) is 18.4. The molecule has 142 valence electrons. The van der Waals surface area contributed by atoms with Crippen LogP contribution in [0.5, 0.6) is 0 Å². The van der Waals surface area contributed by atoms with Gasteiger partial charge in [0.05, 0.1) is 24.6 Å². The van der Waals surface area contributed by atoms with Gasteiger partial charge in [-0.25, -0.2) is 9.97 Å². The molecule has 1 aliphatic heterocycles. The van der Waals surface area contributed by atoms with Crippen molar-refractivity contribution in [1.82, 2.24) is 9.97 Å². The number of nitrogens with one attached hydrogen (secondary N) is 1. The standard InChI is InChI=1S/C21H19ClN4O2/c22-16-4-1-14(2-5-16)20(27)17-13-15(3-6-18(17)23)19-7-8-24-21(25-19)26-9-11-28-12-10-26/h1-8,13,23,27H,9-12H2/p-1/b20-17-,23-18?. The number of aromatic nitrogens is 2. The number of anilines is 1. The Kier molecular flexibility index (Phi) is 5.23. The molecule has 0 spiro atoms. The number of hydrogen-bond donors (Lipinski definition) is 1. The van der Waals surface area contributed by atoms with Crippen molar-refractivity contribution >= 4 is 34.6 Å². The van der Waals surface area contributed by atoms with Gasteiger partial charge >= 0.3 is 0 Å². The van der Waals surface area contributed by atoms with Crippen molar-refractivity contribution in [2.24, 2.45) is 0 Å². The fourth-order valence-corrected chi connectivity index (χ4v) is 3.20. The van der Waals surface area contributed by atoms with Crippen molar-refractivity contribution in [3.63, 3.8) is 0 Å². The summed E-state index contributed by atoms with van der Waals surface area (Å²) in [5.74, 6) is 0.423. The quantitative estimate of drug-likeness (QED) is 0.810. The van der Waals surface area contributed by atoms with E-state index in [0.29, 0.717) is 41.0 Å². The van der Waals surface area contributed by atoms with Gasteiger partial charge in [0, 0.05) is 29.9 Å². The number of morpholine rings is 1. The summed E-state index contributed by atoms with van der Waals surface area (Å²) in [5, 5.41) is 21.6. The molecule has 0 bridgehead atoms. The zero-order valence-corrected chi connectivity index (χ0v) is 15.8. The van der Waals surface area contributed by atoms with Crippen LogP contribution >= 0.6 is 11.6 Å². The number of halogens is 1. The maximum atomic E-state index is 12.9. The van der Waals surface area contributed by atoms with E-state index in [-0.39, 0.29) is 11.5 Å². The molecule has 0 radical (unpaired) electrons. The topological polar surface area (TPSA) is 85.2 Å². The average molecular weight is 394 g/mol. The first-order chi connectivity index (χ1) is 13.6. The minimum Gasteiger partial charge on any atom is -0.872 e. The number of benzene rings is 1. The van der Waals surface area contributed by atoms with Crippen molar-refractivity contribution in [3.8, 4) is 0 Å². The van der Waals surface area contributed by atoms with Crippen LogP contribution in [0, 0.1) is 5.41 Å². The lowest BCUT2D eigenvalue weighted by atomic mass is 9.95. The van der Waals surface area contributed by atoms with Gasteiger partial charge in [-0.3, -0.25) is 0 Å². The fraction of sp³-hybridized carbons (Fsp3) is 0.190. The van der Waals surface area contributed by atoms with Crippen LogP contribution in [-0.4, -0.2) is 42.0 Å². The van der Waals surface area contributed by atoms with Crippen LogP contribution < -0.4 is 10.0 Å². The molecule has 1 N–H and O–H groups in total. The molecule has 1 fully saturated rings. The smallest absolute Gasteiger partial charge is 0.226 e. The lowest BCUT2D eigenvalue weighted by Crippen LogP contribution is -2.37. The largest absolute Gasteiger partial charge is 0.872 e. The van der Waals surface area contributed by atoms with E-state index in [9.17, 15) is 5.11 Å². The molecule has 2 heterocycles. The van der Waals surface area contributed by atoms with Crippen molar-refractivity contribution in [2.45, 2.75) is 0 Å². The van der Waals surface area contributed by atoms with Gasteiger partial charge in [0.1, 0.15) is 0 Å². The molecule has 4 rings (SSSR count). The highest BCUT2D eigenvalue weighted by Gasteiger charge is 2.16. The predicted octanol–water partition coefficient (Wildman–Crippen LogP) is 2.71. The second-order valence-corrected chi connectivity index (χ2v) is 6.87. The Labute approximate surface area is 168 Å². The van der Waals surface area contributed by atoms with E-state index in [4.69, 9.17) is 21.7 Å². The zero-order chi connectivity index (χ0) is 19.5. The van der Waals surface area contributed by atoms with Crippen molar-refractivity contribution < 1.29 is 9.84 Å². The third-order valence-electron chi connectivity index (χ3n) is 4.60. The molecule has 1 aromatic heterocycles. The molecule has 2 aromatic rings. The van der Waals surface area contributed by atoms with Gasteiger partial charge in [0.25, 0.3) is 0 Å². The molecular formula is C21H18ClN4O2-. The molecule has 7 heteroatoms. The van der Waals surface area contributed by atoms with E-state index in [0.717, 1.165) is 18.7 Å². The highest BCUT2D eigenvalue weighted by Crippen LogP contribution is 2.26. The molecule has 0 unspecified atom stereocenters. The van der Waals surface area contributed by atoms with Gasteiger partial charge in [-0.1, -0.05) is 35.6 Å². The normalized spacial score (nSPS) is 18.8. The average Bonchev–Trinajstić information content (AvgIpc) is 2.75. The monoisotopic (exact) mass is 393 g/mol. The third kappa shape index (κ3) is 3.83. The Hall–Kier alpha value is -2.96. The van der Waals surface area contributed by atoms with Crippen LogP contribution in [0.2, 0.25) is 5.02 Å². The van der Waals surface area contributed by atoms with Crippen LogP contribution in [0.25, 0.3) is 11.3 Å². The van der Waals surface area contributed by atoms with Gasteiger partial charge in [0.15, 0.2) is 0 Å². The van der Waals surface area contributed by atoms with Crippen molar-refractivity contribution in [3.05, 3.63) is 76.6 Å². The van der Waals surface area contributed by atoms with Gasteiger partial charge in [-0.05, 0) is 41.5 Å². The number of rotatable bonds is 3. The lowest BCUT2D eigenvalue weighted by molar-refractivity contribution is -0.244. The number of ether oxygens (including phenoxy) is 1. The summed E-state index contributed by atoms with van der Waals surface area (Å²) < 4.78 is 5.38. The Balaban J connectivity index is 1.69. The second kappa shape index (κ2) is 7.96. The van der Waals surface area contributed by atoms with Crippen LogP contribution in [0.3, 0.4) is 0 Å². The molecule has 0 amide bonds. The fourth-order valence-electron chi connectivity index (χ4n) is 3.07. The molecule has 1 aromatic carbocycles. The minimum absolute atomic E-state index is 0.172. The lowest BCUT2D eigenvalue weighted by Gasteiger charge is -2.27. The molecule has 1 aliphatic carbocycles. The summed E-state index contributed by atoms with van der Waals surface area (Å²) in [4.78, 5) is 11.1. The van der Waals surface area contributed by atoms with E-state index in [1.54, 1.807) is 54.8 Å². The summed E-state index contributed by atoms with van der Waals surface area (Å²) in [6, 6.07) is 8.47. The van der Waals surface area contributed by atoms with Crippen LogP contribution in [0.1, 0.15) is 11.3 Å². The third-order valence-corrected chi connectivity index (χ3v) is 4.86. The molecule has 6 nitrogen and oxygen atoms in total. The van der Waals surface area contributed by atoms with Gasteiger partial charge in [0.2, 0.25) is 5.95 Å². The van der Waals surface area contributed by atoms with E-state index in [1.165, 1.54) is 0 Å². The minimum atomic E-state index is -0.217. The zero-order valence-electron chi connectivity index (χ0n) is 15.1. The molecule has 0 atom stereocenters. The van der Waals surface area contributed by atoms with E-state index in [2.05, 4.69) is 14.9 Å². The molecule has 0 saturated carbocycles. The molecular weight excluding hydrogens is 376 g/mol. The Morgan fingerprint density at radius 1 is 1.11 bits per heavy atom. The first-order valence-corrected chi connectivity index (χ1v) is 9.31. The SMILES string of the molecule is N=C1C=CC(c2ccnc(N3CCOCC3)n2)=C/C1=C(/[O-])c1ccc(Cl)cc1. The van der Waals surface area contributed by atoms with Gasteiger partial charge in [-0.2, -0.15) is 0 Å². The number of allylic oxidation sites excluding steroid dienone is 5. The first-order valence-electron chi connectivity index (χ1n) is 8.94. The Bertz CT molecular complexity index is 990. The predicted molar refractivity (Wildman–Crippen MR) is 108 cm³/mol. The maximum Gasteiger partial charge on any atom is 0.226 e. The summed E-state index contributed by atoms with van der Waals surface area (Å²) in [5.41, 5.74) is 2.47. The van der Waals surface area contributed by atoms with Gasteiger partial charge < -0.3 is 20.2 Å². The Morgan fingerprint density at radius 3 is 2.61 bits per heavy atom. The van der Waals surface area contributed by atoms with Crippen molar-refractivity contribution in [2.75, 3.05) is 31.2 Å². The Morgan fingerprint density at radius 2 is 1.86 bits per heavy atom. The number of hydrogen-bond acceptors (Lipinski definition) is 6. The van der Waals surface area contributed by atoms with Gasteiger partial charge in [-0.15, -0.1) is 0 Å². The van der Waals surface area contributed by atoms with Crippen LogP contribution in [-0.2, 0) is 4.74 Å². The summed E-state index contributed by atoms with van der Waals surface area (Å²) in [7, 11) is 0. The highest BCUT2D eigenvalue weighted by atomic mass is 35.5. The molecule has 28 heavy (non-hydrogen) atoms. The van der Waals surface area contributed by atoms with Crippen LogP contribution in [0.15, 0.2) is 60.3 Å². The summed E-state index contributed by atoms with van der Waals surface area (Å²) >= 11 is 5.90. The second-order valence-electron chi connectivity index (χ2n) is 6.44. The van der Waals surface area contributed by atoms with Crippen LogP contribution in [0.4, 0.5) is 5.95 Å². The summed E-state index contributed by atoms with van der Waals surface area (Å²) in [6.07, 6.45) is 6.84. The molecule has 2 aliphatic rings. The highest BCUT2D eigenvalue weighted by molar-refractivity contribution is 6.30. The summed E-state index contributed by atoms with van der Waals surface area (Å²) in [6.45, 7) is 2.80. The van der Waals surface area contributed by atoms with E-state index >= 15 is 0 Å². The number of nitrogens with zero attached hydrogens (tertiary/aromatic N) is 3. The van der Waals surface area contributed by atoms with Crippen molar-refractivity contribution in [1.29, 1.82) is 5.41 Å².